The largest absolute Gasteiger partial charge is 0.748 e. The molecule has 1 rings (SSSR count). The molecule has 5 nitrogen and oxygen atoms in total. The summed E-state index contributed by atoms with van der Waals surface area (Å²) in [5.74, 6) is 0.514. The van der Waals surface area contributed by atoms with Gasteiger partial charge in [0.25, 0.3) is 0 Å². The average Bonchev–Trinajstić information content (AvgIpc) is 2.36. The van der Waals surface area contributed by atoms with Gasteiger partial charge in [-0.05, 0) is 20.8 Å². The van der Waals surface area contributed by atoms with Crippen molar-refractivity contribution in [1.82, 2.24) is 0 Å². The Hall–Kier alpha value is -1.40. The van der Waals surface area contributed by atoms with Crippen molar-refractivity contribution in [2.45, 2.75) is 27.3 Å². The van der Waals surface area contributed by atoms with Crippen LogP contribution in [0, 0.1) is 0 Å². The van der Waals surface area contributed by atoms with Gasteiger partial charge in [-0.15, -0.1) is 0 Å². The SMILES string of the molecule is CC(C)=CCS(=O)(=O)[O-].CC[n+]1ccc(OC)cc1. The first-order valence-electron chi connectivity index (χ1n) is 5.88. The minimum atomic E-state index is -4.05. The number of hydrogen-bond acceptors (Lipinski definition) is 4. The van der Waals surface area contributed by atoms with E-state index in [1.165, 1.54) is 6.08 Å². The lowest BCUT2D eigenvalue weighted by molar-refractivity contribution is -0.693. The summed E-state index contributed by atoms with van der Waals surface area (Å²) in [7, 11) is -2.37. The molecule has 0 radical (unpaired) electrons. The number of aromatic nitrogens is 1. The molecule has 1 aromatic rings. The predicted octanol–water partition coefficient (Wildman–Crippen LogP) is 1.50. The number of aryl methyl sites for hydroxylation is 1. The Balaban J connectivity index is 0.000000344. The van der Waals surface area contributed by atoms with Crippen LogP contribution in [0.15, 0.2) is 36.2 Å². The molecule has 0 N–H and O–H groups in total. The van der Waals surface area contributed by atoms with Crippen molar-refractivity contribution in [2.75, 3.05) is 12.9 Å². The van der Waals surface area contributed by atoms with E-state index in [0.717, 1.165) is 17.9 Å². The van der Waals surface area contributed by atoms with Crippen molar-refractivity contribution >= 4 is 10.1 Å². The number of rotatable bonds is 4. The van der Waals surface area contributed by atoms with Gasteiger partial charge in [-0.2, -0.15) is 0 Å². The van der Waals surface area contributed by atoms with Crippen LogP contribution in [0.3, 0.4) is 0 Å². The van der Waals surface area contributed by atoms with Crippen molar-refractivity contribution in [1.29, 1.82) is 0 Å². The topological polar surface area (TPSA) is 70.3 Å². The van der Waals surface area contributed by atoms with Crippen LogP contribution >= 0.6 is 0 Å². The molecule has 1 aromatic heterocycles. The summed E-state index contributed by atoms with van der Waals surface area (Å²) in [5, 5.41) is 0. The molecule has 0 unspecified atom stereocenters. The highest BCUT2D eigenvalue weighted by Crippen LogP contribution is 2.03. The number of methoxy groups -OCH3 is 1. The first-order valence-corrected chi connectivity index (χ1v) is 7.46. The maximum Gasteiger partial charge on any atom is 0.172 e. The summed E-state index contributed by atoms with van der Waals surface area (Å²) in [6, 6.07) is 3.90. The highest BCUT2D eigenvalue weighted by atomic mass is 32.2. The van der Waals surface area contributed by atoms with Gasteiger partial charge in [-0.1, -0.05) is 11.6 Å². The van der Waals surface area contributed by atoms with Crippen molar-refractivity contribution in [3.63, 3.8) is 0 Å². The van der Waals surface area contributed by atoms with Crippen LogP contribution in [0.5, 0.6) is 5.75 Å². The molecule has 0 bridgehead atoms. The molecule has 6 heteroatoms. The van der Waals surface area contributed by atoms with E-state index in [0.29, 0.717) is 0 Å². The fraction of sp³-hybridized carbons (Fsp3) is 0.462. The van der Waals surface area contributed by atoms with Crippen molar-refractivity contribution in [3.8, 4) is 5.75 Å². The third-order valence-corrected chi connectivity index (χ3v) is 2.73. The first-order chi connectivity index (χ1) is 8.78. The number of hydrogen-bond donors (Lipinski definition) is 0. The van der Waals surface area contributed by atoms with Gasteiger partial charge in [0, 0.05) is 12.1 Å². The van der Waals surface area contributed by atoms with E-state index in [4.69, 9.17) is 4.74 Å². The molecule has 0 aliphatic rings. The van der Waals surface area contributed by atoms with Gasteiger partial charge < -0.3 is 9.29 Å². The van der Waals surface area contributed by atoms with E-state index >= 15 is 0 Å². The Morgan fingerprint density at radius 3 is 2.16 bits per heavy atom. The number of ether oxygens (including phenoxy) is 1. The summed E-state index contributed by atoms with van der Waals surface area (Å²) in [4.78, 5) is 0. The van der Waals surface area contributed by atoms with E-state index < -0.39 is 15.9 Å². The molecule has 19 heavy (non-hydrogen) atoms. The summed E-state index contributed by atoms with van der Waals surface area (Å²) >= 11 is 0. The van der Waals surface area contributed by atoms with E-state index in [-0.39, 0.29) is 0 Å². The van der Waals surface area contributed by atoms with Gasteiger partial charge in [0.1, 0.15) is 12.3 Å². The number of allylic oxidation sites excluding steroid dienone is 1. The lowest BCUT2D eigenvalue weighted by atomic mass is 10.3. The van der Waals surface area contributed by atoms with Gasteiger partial charge in [-0.3, -0.25) is 0 Å². The molecule has 108 valence electrons. The molecule has 0 atom stereocenters. The van der Waals surface area contributed by atoms with Crippen LogP contribution in [0.1, 0.15) is 20.8 Å². The molecule has 0 saturated heterocycles. The smallest absolute Gasteiger partial charge is 0.172 e. The molecule has 0 aliphatic carbocycles. The maximum atomic E-state index is 9.94. The predicted molar refractivity (Wildman–Crippen MR) is 72.9 cm³/mol. The fourth-order valence-electron chi connectivity index (χ4n) is 1.06. The van der Waals surface area contributed by atoms with Crippen LogP contribution < -0.4 is 9.30 Å². The van der Waals surface area contributed by atoms with Gasteiger partial charge in [0.15, 0.2) is 12.4 Å². The van der Waals surface area contributed by atoms with E-state index in [2.05, 4.69) is 11.5 Å². The lowest BCUT2D eigenvalue weighted by Crippen LogP contribution is -2.30. The van der Waals surface area contributed by atoms with Crippen LogP contribution in [-0.2, 0) is 16.7 Å². The third-order valence-electron chi connectivity index (χ3n) is 2.16. The van der Waals surface area contributed by atoms with Crippen LogP contribution in [-0.4, -0.2) is 25.8 Å². The standard InChI is InChI=1S/C8H12NO.C5H10O3S/c1-3-9-6-4-8(10-2)5-7-9;1-5(2)3-4-9(6,7)8/h4-7H,3H2,1-2H3;3H,4H2,1-2H3,(H,6,7,8)/q+1;/p-1. The van der Waals surface area contributed by atoms with Gasteiger partial charge in [-0.25, -0.2) is 13.0 Å². The minimum Gasteiger partial charge on any atom is -0.748 e. The molecular formula is C13H21NO4S. The van der Waals surface area contributed by atoms with Gasteiger partial charge in [0.05, 0.1) is 23.0 Å². The molecule has 0 aromatic carbocycles. The molecule has 0 fully saturated rings. The van der Waals surface area contributed by atoms with Crippen molar-refractivity contribution in [2.24, 2.45) is 0 Å². The molecule has 0 saturated carbocycles. The zero-order valence-corrected chi connectivity index (χ0v) is 12.6. The Labute approximate surface area is 115 Å². The minimum absolute atomic E-state index is 0.394. The Morgan fingerprint density at radius 2 is 1.89 bits per heavy atom. The van der Waals surface area contributed by atoms with E-state index in [9.17, 15) is 13.0 Å². The first kappa shape index (κ1) is 17.6. The second-order valence-electron chi connectivity index (χ2n) is 4.07. The van der Waals surface area contributed by atoms with Gasteiger partial charge in [0.2, 0.25) is 0 Å². The second kappa shape index (κ2) is 8.66. The molecule has 0 spiro atoms. The summed E-state index contributed by atoms with van der Waals surface area (Å²) in [6.07, 6.45) is 5.39. The van der Waals surface area contributed by atoms with Crippen LogP contribution in [0.25, 0.3) is 0 Å². The molecular weight excluding hydrogens is 266 g/mol. The van der Waals surface area contributed by atoms with Gasteiger partial charge >= 0.3 is 0 Å². The third kappa shape index (κ3) is 10.2. The van der Waals surface area contributed by atoms with Crippen LogP contribution in [0.4, 0.5) is 0 Å². The zero-order valence-electron chi connectivity index (χ0n) is 11.8. The highest BCUT2D eigenvalue weighted by Gasteiger charge is 1.94. The average molecular weight is 287 g/mol. The quantitative estimate of drug-likeness (QED) is 0.478. The monoisotopic (exact) mass is 287 g/mol. The fourth-order valence-corrected chi connectivity index (χ4v) is 1.60. The summed E-state index contributed by atoms with van der Waals surface area (Å²) in [6.45, 7) is 6.59. The summed E-state index contributed by atoms with van der Waals surface area (Å²) < 4.78 is 36.9. The van der Waals surface area contributed by atoms with E-state index in [1.54, 1.807) is 21.0 Å². The lowest BCUT2D eigenvalue weighted by Gasteiger charge is -2.01. The zero-order chi connectivity index (χ0) is 14.9. The second-order valence-corrected chi connectivity index (χ2v) is 5.52. The van der Waals surface area contributed by atoms with Crippen LogP contribution in [0.2, 0.25) is 0 Å². The van der Waals surface area contributed by atoms with E-state index in [1.807, 2.05) is 24.5 Å². The normalized spacial score (nSPS) is 10.2. The summed E-state index contributed by atoms with van der Waals surface area (Å²) in [5.41, 5.74) is 0.842. The molecule has 1 heterocycles. The Bertz CT molecular complexity index is 465. The number of nitrogens with zero attached hydrogens (tertiary/aromatic N) is 1. The molecule has 0 aliphatic heterocycles. The Morgan fingerprint density at radius 1 is 1.37 bits per heavy atom. The Kier molecular flexibility index (Phi) is 8.02. The molecule has 0 amide bonds. The van der Waals surface area contributed by atoms with Crippen molar-refractivity contribution < 1.29 is 22.3 Å². The highest BCUT2D eigenvalue weighted by molar-refractivity contribution is 7.85. The maximum absolute atomic E-state index is 9.94. The number of pyridine rings is 1. The van der Waals surface area contributed by atoms with Crippen molar-refractivity contribution in [3.05, 3.63) is 36.2 Å².